The number of anilines is 1. The van der Waals surface area contributed by atoms with Gasteiger partial charge in [0.15, 0.2) is 0 Å². The number of unbranched alkanes of at least 4 members (excludes halogenated alkanes) is 1. The molecular formula is C14H18N2O4. The van der Waals surface area contributed by atoms with Gasteiger partial charge in [-0.05, 0) is 31.0 Å². The number of rotatable bonds is 7. The van der Waals surface area contributed by atoms with Crippen LogP contribution in [-0.2, 0) is 9.59 Å². The van der Waals surface area contributed by atoms with E-state index in [1.807, 2.05) is 0 Å². The number of carboxylic acid groups (broad SMARTS) is 1. The predicted octanol–water partition coefficient (Wildman–Crippen LogP) is 1.63. The third-order valence-electron chi connectivity index (χ3n) is 2.55. The number of aliphatic carboxylic acids is 1. The summed E-state index contributed by atoms with van der Waals surface area (Å²) < 4.78 is 0. The number of benzene rings is 1. The van der Waals surface area contributed by atoms with Crippen LogP contribution in [0, 0.1) is 0 Å². The van der Waals surface area contributed by atoms with Gasteiger partial charge in [-0.3, -0.25) is 14.4 Å². The summed E-state index contributed by atoms with van der Waals surface area (Å²) in [5.41, 5.74) is 1.02. The normalized spacial score (nSPS) is 9.85. The topological polar surface area (TPSA) is 95.5 Å². The van der Waals surface area contributed by atoms with E-state index in [1.165, 1.54) is 6.92 Å². The Hall–Kier alpha value is -2.37. The molecule has 0 saturated heterocycles. The molecule has 0 aliphatic rings. The van der Waals surface area contributed by atoms with Crippen LogP contribution in [-0.4, -0.2) is 29.4 Å². The minimum Gasteiger partial charge on any atom is -0.481 e. The Morgan fingerprint density at radius 2 is 1.95 bits per heavy atom. The molecule has 0 atom stereocenters. The zero-order valence-electron chi connectivity index (χ0n) is 11.3. The Morgan fingerprint density at radius 3 is 2.60 bits per heavy atom. The predicted molar refractivity (Wildman–Crippen MR) is 74.6 cm³/mol. The number of carbonyl (C=O) groups is 3. The Bertz CT molecular complexity index is 500. The highest BCUT2D eigenvalue weighted by Gasteiger charge is 2.06. The quantitative estimate of drug-likeness (QED) is 0.660. The fraction of sp³-hybridized carbons (Fsp3) is 0.357. The Morgan fingerprint density at radius 1 is 1.20 bits per heavy atom. The summed E-state index contributed by atoms with van der Waals surface area (Å²) in [7, 11) is 0. The van der Waals surface area contributed by atoms with Crippen LogP contribution in [0.2, 0.25) is 0 Å². The van der Waals surface area contributed by atoms with Gasteiger partial charge in [-0.2, -0.15) is 0 Å². The summed E-state index contributed by atoms with van der Waals surface area (Å²) >= 11 is 0. The molecule has 0 unspecified atom stereocenters. The van der Waals surface area contributed by atoms with Gasteiger partial charge in [0, 0.05) is 31.1 Å². The van der Waals surface area contributed by atoms with Crippen molar-refractivity contribution in [1.82, 2.24) is 5.32 Å². The van der Waals surface area contributed by atoms with Crippen LogP contribution < -0.4 is 10.6 Å². The fourth-order valence-corrected chi connectivity index (χ4v) is 1.65. The Balaban J connectivity index is 2.43. The first-order valence-corrected chi connectivity index (χ1v) is 6.36. The molecule has 0 aliphatic carbocycles. The maximum absolute atomic E-state index is 11.8. The summed E-state index contributed by atoms with van der Waals surface area (Å²) in [5, 5.41) is 13.8. The van der Waals surface area contributed by atoms with E-state index in [9.17, 15) is 14.4 Å². The van der Waals surface area contributed by atoms with E-state index in [2.05, 4.69) is 10.6 Å². The van der Waals surface area contributed by atoms with Crippen molar-refractivity contribution < 1.29 is 19.5 Å². The molecule has 0 radical (unpaired) electrons. The van der Waals surface area contributed by atoms with Crippen LogP contribution in [0.25, 0.3) is 0 Å². The lowest BCUT2D eigenvalue weighted by Gasteiger charge is -2.07. The zero-order chi connectivity index (χ0) is 15.0. The first-order chi connectivity index (χ1) is 9.49. The first-order valence-electron chi connectivity index (χ1n) is 6.36. The van der Waals surface area contributed by atoms with Gasteiger partial charge in [0.2, 0.25) is 5.91 Å². The maximum Gasteiger partial charge on any atom is 0.303 e. The number of carbonyl (C=O) groups excluding carboxylic acids is 2. The largest absolute Gasteiger partial charge is 0.481 e. The van der Waals surface area contributed by atoms with Crippen molar-refractivity contribution in [2.45, 2.75) is 26.2 Å². The Labute approximate surface area is 117 Å². The summed E-state index contributed by atoms with van der Waals surface area (Å²) in [5.74, 6) is -1.27. The first kappa shape index (κ1) is 15.7. The second kappa shape index (κ2) is 7.93. The van der Waals surface area contributed by atoms with Crippen LogP contribution >= 0.6 is 0 Å². The SMILES string of the molecule is CC(=O)Nc1cccc(C(=O)NCCCCC(=O)O)c1. The van der Waals surface area contributed by atoms with E-state index >= 15 is 0 Å². The van der Waals surface area contributed by atoms with Crippen molar-refractivity contribution in [3.05, 3.63) is 29.8 Å². The number of amides is 2. The maximum atomic E-state index is 11.8. The van der Waals surface area contributed by atoms with Gasteiger partial charge < -0.3 is 15.7 Å². The molecule has 0 bridgehead atoms. The average molecular weight is 278 g/mol. The fourth-order valence-electron chi connectivity index (χ4n) is 1.65. The van der Waals surface area contributed by atoms with E-state index in [4.69, 9.17) is 5.11 Å². The van der Waals surface area contributed by atoms with Gasteiger partial charge in [0.1, 0.15) is 0 Å². The molecule has 0 spiro atoms. The van der Waals surface area contributed by atoms with Crippen LogP contribution in [0.3, 0.4) is 0 Å². The average Bonchev–Trinajstić information content (AvgIpc) is 2.37. The number of hydrogen-bond donors (Lipinski definition) is 3. The molecule has 1 aromatic carbocycles. The van der Waals surface area contributed by atoms with Crippen LogP contribution in [0.4, 0.5) is 5.69 Å². The third-order valence-corrected chi connectivity index (χ3v) is 2.55. The molecule has 108 valence electrons. The second-order valence-corrected chi connectivity index (χ2v) is 4.37. The van der Waals surface area contributed by atoms with E-state index in [1.54, 1.807) is 24.3 Å². The standard InChI is InChI=1S/C14H18N2O4/c1-10(17)16-12-6-4-5-11(9-12)14(20)15-8-3-2-7-13(18)19/h4-6,9H,2-3,7-8H2,1H3,(H,15,20)(H,16,17)(H,18,19). The zero-order valence-corrected chi connectivity index (χ0v) is 11.3. The number of nitrogens with one attached hydrogen (secondary N) is 2. The van der Waals surface area contributed by atoms with E-state index in [0.29, 0.717) is 30.6 Å². The molecule has 6 heteroatoms. The van der Waals surface area contributed by atoms with Crippen molar-refractivity contribution in [1.29, 1.82) is 0 Å². The second-order valence-electron chi connectivity index (χ2n) is 4.37. The van der Waals surface area contributed by atoms with Crippen molar-refractivity contribution in [2.24, 2.45) is 0 Å². The number of carboxylic acids is 1. The molecule has 2 amide bonds. The molecule has 20 heavy (non-hydrogen) atoms. The van der Waals surface area contributed by atoms with Gasteiger partial charge in [-0.15, -0.1) is 0 Å². The lowest BCUT2D eigenvalue weighted by molar-refractivity contribution is -0.137. The molecule has 0 heterocycles. The highest BCUT2D eigenvalue weighted by atomic mass is 16.4. The monoisotopic (exact) mass is 278 g/mol. The number of hydrogen-bond acceptors (Lipinski definition) is 3. The molecular weight excluding hydrogens is 260 g/mol. The van der Waals surface area contributed by atoms with E-state index in [-0.39, 0.29) is 18.2 Å². The summed E-state index contributed by atoms with van der Waals surface area (Å²) in [6, 6.07) is 6.63. The van der Waals surface area contributed by atoms with Crippen molar-refractivity contribution in [3.63, 3.8) is 0 Å². The summed E-state index contributed by atoms with van der Waals surface area (Å²) in [6.45, 7) is 1.83. The highest BCUT2D eigenvalue weighted by Crippen LogP contribution is 2.10. The highest BCUT2D eigenvalue weighted by molar-refractivity contribution is 5.96. The molecule has 0 aromatic heterocycles. The summed E-state index contributed by atoms with van der Waals surface area (Å²) in [4.78, 5) is 33.1. The molecule has 1 rings (SSSR count). The molecule has 0 saturated carbocycles. The van der Waals surface area contributed by atoms with E-state index in [0.717, 1.165) is 0 Å². The molecule has 1 aromatic rings. The smallest absolute Gasteiger partial charge is 0.303 e. The Kier molecular flexibility index (Phi) is 6.22. The molecule has 0 fully saturated rings. The molecule has 6 nitrogen and oxygen atoms in total. The van der Waals surface area contributed by atoms with Gasteiger partial charge in [0.25, 0.3) is 5.91 Å². The van der Waals surface area contributed by atoms with Gasteiger partial charge in [0.05, 0.1) is 0 Å². The van der Waals surface area contributed by atoms with E-state index < -0.39 is 5.97 Å². The van der Waals surface area contributed by atoms with Crippen LogP contribution in [0.1, 0.15) is 36.5 Å². The van der Waals surface area contributed by atoms with Crippen LogP contribution in [0.5, 0.6) is 0 Å². The van der Waals surface area contributed by atoms with Gasteiger partial charge >= 0.3 is 5.97 Å². The van der Waals surface area contributed by atoms with Crippen LogP contribution in [0.15, 0.2) is 24.3 Å². The summed E-state index contributed by atoms with van der Waals surface area (Å²) in [6.07, 6.45) is 1.25. The van der Waals surface area contributed by atoms with Gasteiger partial charge in [-0.25, -0.2) is 0 Å². The molecule has 3 N–H and O–H groups in total. The molecule has 0 aliphatic heterocycles. The minimum absolute atomic E-state index is 0.105. The minimum atomic E-state index is -0.834. The van der Waals surface area contributed by atoms with Crippen molar-refractivity contribution in [2.75, 3.05) is 11.9 Å². The third kappa shape index (κ3) is 5.99. The lowest BCUT2D eigenvalue weighted by Crippen LogP contribution is -2.24. The van der Waals surface area contributed by atoms with Crippen molar-refractivity contribution in [3.8, 4) is 0 Å². The van der Waals surface area contributed by atoms with Gasteiger partial charge in [-0.1, -0.05) is 6.07 Å². The lowest BCUT2D eigenvalue weighted by atomic mass is 10.2. The van der Waals surface area contributed by atoms with Crippen molar-refractivity contribution >= 4 is 23.5 Å².